The maximum absolute atomic E-state index is 12.9. The monoisotopic (exact) mass is 326 g/mol. The van der Waals surface area contributed by atoms with Gasteiger partial charge in [0.2, 0.25) is 5.91 Å². The van der Waals surface area contributed by atoms with Gasteiger partial charge in [-0.2, -0.15) is 0 Å². The number of para-hydroxylation sites is 2. The fourth-order valence-corrected chi connectivity index (χ4v) is 2.65. The van der Waals surface area contributed by atoms with Gasteiger partial charge in [-0.25, -0.2) is 0 Å². The van der Waals surface area contributed by atoms with Gasteiger partial charge in [0, 0.05) is 5.56 Å². The lowest BCUT2D eigenvalue weighted by Gasteiger charge is -2.29. The molecule has 1 N–H and O–H groups in total. The zero-order valence-corrected chi connectivity index (χ0v) is 13.5. The average molecular weight is 326 g/mol. The summed E-state index contributed by atoms with van der Waals surface area (Å²) >= 11 is 0. The molecule has 2 aromatic rings. The molecule has 0 radical (unpaired) electrons. The van der Waals surface area contributed by atoms with E-state index in [1.165, 1.54) is 12.0 Å². The van der Waals surface area contributed by atoms with Crippen molar-refractivity contribution in [3.05, 3.63) is 48.0 Å². The Morgan fingerprint density at radius 3 is 2.75 bits per heavy atom. The molecule has 0 aliphatic carbocycles. The number of hydrogen-bond acceptors (Lipinski definition) is 4. The highest BCUT2D eigenvalue weighted by Crippen LogP contribution is 2.32. The standard InChI is InChI=1S/C18H18N2O4/c1-3-24-15-9-8-12(10-16(15)23-2)18(22)20-11-17(21)19-13-6-4-5-7-14(13)20/h4-10H,3,11H2,1-2H3,(H,19,21). The number of benzene rings is 2. The Morgan fingerprint density at radius 1 is 1.21 bits per heavy atom. The Kier molecular flexibility index (Phi) is 4.37. The van der Waals surface area contributed by atoms with E-state index >= 15 is 0 Å². The summed E-state index contributed by atoms with van der Waals surface area (Å²) in [6.45, 7) is 2.36. The SMILES string of the molecule is CCOc1ccc(C(=O)N2CC(=O)Nc3ccccc32)cc1OC. The molecule has 0 spiro atoms. The molecular formula is C18H18N2O4. The molecule has 0 atom stereocenters. The van der Waals surface area contributed by atoms with Gasteiger partial charge >= 0.3 is 0 Å². The van der Waals surface area contributed by atoms with E-state index in [1.807, 2.05) is 19.1 Å². The van der Waals surface area contributed by atoms with Gasteiger partial charge in [0.05, 0.1) is 25.1 Å². The van der Waals surface area contributed by atoms with E-state index in [4.69, 9.17) is 9.47 Å². The molecule has 124 valence electrons. The molecule has 0 unspecified atom stereocenters. The van der Waals surface area contributed by atoms with Crippen molar-refractivity contribution < 1.29 is 19.1 Å². The number of nitrogens with one attached hydrogen (secondary N) is 1. The number of nitrogens with zero attached hydrogens (tertiary/aromatic N) is 1. The van der Waals surface area contributed by atoms with Crippen LogP contribution in [0.4, 0.5) is 11.4 Å². The van der Waals surface area contributed by atoms with Crippen LogP contribution in [0.2, 0.25) is 0 Å². The highest BCUT2D eigenvalue weighted by molar-refractivity contribution is 6.15. The van der Waals surface area contributed by atoms with E-state index in [0.717, 1.165) is 0 Å². The average Bonchev–Trinajstić information content (AvgIpc) is 2.61. The second kappa shape index (κ2) is 6.62. The summed E-state index contributed by atoms with van der Waals surface area (Å²) in [5, 5.41) is 2.77. The Balaban J connectivity index is 1.96. The fourth-order valence-electron chi connectivity index (χ4n) is 2.65. The number of carbonyl (C=O) groups excluding carboxylic acids is 2. The summed E-state index contributed by atoms with van der Waals surface area (Å²) in [6.07, 6.45) is 0. The topological polar surface area (TPSA) is 67.9 Å². The smallest absolute Gasteiger partial charge is 0.258 e. The molecular weight excluding hydrogens is 308 g/mol. The van der Waals surface area contributed by atoms with Crippen LogP contribution in [0.15, 0.2) is 42.5 Å². The molecule has 0 aromatic heterocycles. The van der Waals surface area contributed by atoms with E-state index in [2.05, 4.69) is 5.32 Å². The number of rotatable bonds is 4. The molecule has 0 saturated heterocycles. The number of anilines is 2. The predicted octanol–water partition coefficient (Wildman–Crippen LogP) is 2.69. The zero-order chi connectivity index (χ0) is 17.1. The van der Waals surface area contributed by atoms with Crippen LogP contribution in [0.1, 0.15) is 17.3 Å². The summed E-state index contributed by atoms with van der Waals surface area (Å²) in [6, 6.07) is 12.2. The quantitative estimate of drug-likeness (QED) is 0.938. The molecule has 0 bridgehead atoms. The molecule has 0 saturated carbocycles. The molecule has 6 heteroatoms. The minimum atomic E-state index is -0.265. The first-order chi connectivity index (χ1) is 11.6. The number of carbonyl (C=O) groups is 2. The summed E-state index contributed by atoms with van der Waals surface area (Å²) < 4.78 is 10.8. The minimum absolute atomic E-state index is 0.0224. The van der Waals surface area contributed by atoms with Gasteiger partial charge < -0.3 is 14.8 Å². The number of ether oxygens (including phenoxy) is 2. The number of fused-ring (bicyclic) bond motifs is 1. The minimum Gasteiger partial charge on any atom is -0.493 e. The van der Waals surface area contributed by atoms with Crippen molar-refractivity contribution in [1.29, 1.82) is 0 Å². The molecule has 3 rings (SSSR count). The van der Waals surface area contributed by atoms with Crippen molar-refractivity contribution >= 4 is 23.2 Å². The first-order valence-corrected chi connectivity index (χ1v) is 7.65. The predicted molar refractivity (Wildman–Crippen MR) is 90.9 cm³/mol. The summed E-state index contributed by atoms with van der Waals surface area (Å²) in [5.74, 6) is 0.574. The lowest BCUT2D eigenvalue weighted by Crippen LogP contribution is -2.42. The van der Waals surface area contributed by atoms with Crippen LogP contribution in [0.5, 0.6) is 11.5 Å². The molecule has 0 fully saturated rings. The normalized spacial score (nSPS) is 13.1. The summed E-state index contributed by atoms with van der Waals surface area (Å²) in [7, 11) is 1.52. The Bertz CT molecular complexity index is 788. The molecule has 2 aromatic carbocycles. The Labute approximate surface area is 140 Å². The van der Waals surface area contributed by atoms with Crippen LogP contribution in [0, 0.1) is 0 Å². The van der Waals surface area contributed by atoms with E-state index in [0.29, 0.717) is 35.0 Å². The molecule has 1 heterocycles. The Hall–Kier alpha value is -3.02. The van der Waals surface area contributed by atoms with Gasteiger partial charge in [-0.3, -0.25) is 14.5 Å². The van der Waals surface area contributed by atoms with Crippen molar-refractivity contribution in [2.45, 2.75) is 6.92 Å². The van der Waals surface area contributed by atoms with Crippen LogP contribution < -0.4 is 19.7 Å². The summed E-state index contributed by atoms with van der Waals surface area (Å²) in [4.78, 5) is 26.2. The van der Waals surface area contributed by atoms with Gasteiger partial charge in [-0.15, -0.1) is 0 Å². The highest BCUT2D eigenvalue weighted by atomic mass is 16.5. The van der Waals surface area contributed by atoms with Crippen molar-refractivity contribution in [2.24, 2.45) is 0 Å². The molecule has 24 heavy (non-hydrogen) atoms. The van der Waals surface area contributed by atoms with Crippen LogP contribution in [0.25, 0.3) is 0 Å². The lowest BCUT2D eigenvalue weighted by atomic mass is 10.1. The van der Waals surface area contributed by atoms with Gasteiger partial charge in [-0.1, -0.05) is 12.1 Å². The maximum atomic E-state index is 12.9. The first kappa shape index (κ1) is 15.9. The van der Waals surface area contributed by atoms with Gasteiger partial charge in [-0.05, 0) is 37.3 Å². The second-order valence-electron chi connectivity index (χ2n) is 5.26. The van der Waals surface area contributed by atoms with Crippen molar-refractivity contribution in [2.75, 3.05) is 30.5 Å². The Morgan fingerprint density at radius 2 is 2.00 bits per heavy atom. The highest BCUT2D eigenvalue weighted by Gasteiger charge is 2.27. The first-order valence-electron chi connectivity index (χ1n) is 7.65. The number of amides is 2. The largest absolute Gasteiger partial charge is 0.493 e. The van der Waals surface area contributed by atoms with E-state index in [1.54, 1.807) is 30.3 Å². The zero-order valence-electron chi connectivity index (χ0n) is 13.5. The van der Waals surface area contributed by atoms with Crippen LogP contribution in [0.3, 0.4) is 0 Å². The van der Waals surface area contributed by atoms with Crippen molar-refractivity contribution in [3.8, 4) is 11.5 Å². The third-order valence-corrected chi connectivity index (χ3v) is 3.73. The van der Waals surface area contributed by atoms with Crippen molar-refractivity contribution in [3.63, 3.8) is 0 Å². The van der Waals surface area contributed by atoms with E-state index < -0.39 is 0 Å². The molecule has 1 aliphatic rings. The van der Waals surface area contributed by atoms with Gasteiger partial charge in [0.1, 0.15) is 6.54 Å². The van der Waals surface area contributed by atoms with E-state index in [-0.39, 0.29) is 18.4 Å². The third kappa shape index (κ3) is 2.90. The molecule has 6 nitrogen and oxygen atoms in total. The van der Waals surface area contributed by atoms with Crippen LogP contribution >= 0.6 is 0 Å². The third-order valence-electron chi connectivity index (χ3n) is 3.73. The fraction of sp³-hybridized carbons (Fsp3) is 0.222. The maximum Gasteiger partial charge on any atom is 0.258 e. The second-order valence-corrected chi connectivity index (χ2v) is 5.26. The molecule has 1 aliphatic heterocycles. The molecule has 2 amide bonds. The number of hydrogen-bond donors (Lipinski definition) is 1. The summed E-state index contributed by atoms with van der Waals surface area (Å²) in [5.41, 5.74) is 1.73. The lowest BCUT2D eigenvalue weighted by molar-refractivity contribution is -0.115. The van der Waals surface area contributed by atoms with Crippen LogP contribution in [-0.2, 0) is 4.79 Å². The van der Waals surface area contributed by atoms with Crippen LogP contribution in [-0.4, -0.2) is 32.1 Å². The van der Waals surface area contributed by atoms with Gasteiger partial charge in [0.15, 0.2) is 11.5 Å². The number of methoxy groups -OCH3 is 1. The van der Waals surface area contributed by atoms with E-state index in [9.17, 15) is 9.59 Å². The van der Waals surface area contributed by atoms with Gasteiger partial charge in [0.25, 0.3) is 5.91 Å². The van der Waals surface area contributed by atoms with Crippen molar-refractivity contribution in [1.82, 2.24) is 0 Å².